The smallest absolute Gasteiger partial charge is 0.330 e. The van der Waals surface area contributed by atoms with E-state index in [1.54, 1.807) is 42.5 Å². The monoisotopic (exact) mass is 269 g/mol. The number of rotatable bonds is 4. The summed E-state index contributed by atoms with van der Waals surface area (Å²) in [6.45, 7) is 1.81. The van der Waals surface area contributed by atoms with Crippen molar-refractivity contribution in [2.24, 2.45) is 0 Å². The van der Waals surface area contributed by atoms with E-state index in [1.807, 2.05) is 19.1 Å². The van der Waals surface area contributed by atoms with Gasteiger partial charge in [-0.2, -0.15) is 0 Å². The van der Waals surface area contributed by atoms with Crippen LogP contribution in [0.4, 0.5) is 0 Å². The maximum atomic E-state index is 12.2. The van der Waals surface area contributed by atoms with E-state index >= 15 is 0 Å². The molecular formula is C16H15NO3. The fourth-order valence-corrected chi connectivity index (χ4v) is 1.97. The highest BCUT2D eigenvalue weighted by Crippen LogP contribution is 2.15. The second-order valence-corrected chi connectivity index (χ2v) is 4.47. The van der Waals surface area contributed by atoms with Crippen molar-refractivity contribution in [2.75, 3.05) is 0 Å². The summed E-state index contributed by atoms with van der Waals surface area (Å²) >= 11 is 0. The number of benzene rings is 2. The lowest BCUT2D eigenvalue weighted by Crippen LogP contribution is -2.34. The van der Waals surface area contributed by atoms with Gasteiger partial charge in [-0.15, -0.1) is 0 Å². The van der Waals surface area contributed by atoms with E-state index in [1.165, 1.54) is 0 Å². The van der Waals surface area contributed by atoms with Crippen LogP contribution in [0.15, 0.2) is 54.6 Å². The molecule has 0 saturated heterocycles. The molecule has 1 atom stereocenters. The van der Waals surface area contributed by atoms with Crippen molar-refractivity contribution in [3.8, 4) is 0 Å². The van der Waals surface area contributed by atoms with Gasteiger partial charge in [0.05, 0.1) is 0 Å². The number of amides is 1. The number of carboxylic acid groups (broad SMARTS) is 1. The average molecular weight is 269 g/mol. The highest BCUT2D eigenvalue weighted by atomic mass is 16.4. The topological polar surface area (TPSA) is 66.4 Å². The molecule has 0 unspecified atom stereocenters. The lowest BCUT2D eigenvalue weighted by molar-refractivity contribution is -0.139. The minimum absolute atomic E-state index is 0.389. The normalized spacial score (nSPS) is 11.7. The maximum absolute atomic E-state index is 12.2. The van der Waals surface area contributed by atoms with E-state index in [0.29, 0.717) is 11.1 Å². The zero-order valence-electron chi connectivity index (χ0n) is 11.0. The summed E-state index contributed by atoms with van der Waals surface area (Å²) in [5.74, 6) is -1.47. The second kappa shape index (κ2) is 6.02. The van der Waals surface area contributed by atoms with Gasteiger partial charge in [-0.3, -0.25) is 4.79 Å². The Hall–Kier alpha value is -2.62. The van der Waals surface area contributed by atoms with Gasteiger partial charge < -0.3 is 10.4 Å². The standard InChI is InChI=1S/C16H15NO3/c1-11-7-5-6-10-13(11)15(18)17-14(16(19)20)12-8-3-2-4-9-12/h2-10,14H,1H3,(H,17,18)(H,19,20)/t14-/m0/s1. The summed E-state index contributed by atoms with van der Waals surface area (Å²) in [6, 6.07) is 14.7. The number of carbonyl (C=O) groups is 2. The second-order valence-electron chi connectivity index (χ2n) is 4.47. The van der Waals surface area contributed by atoms with Gasteiger partial charge in [0.1, 0.15) is 0 Å². The molecule has 4 nitrogen and oxygen atoms in total. The van der Waals surface area contributed by atoms with Crippen molar-refractivity contribution in [1.29, 1.82) is 0 Å². The Balaban J connectivity index is 2.24. The molecule has 0 aliphatic rings. The first-order valence-electron chi connectivity index (χ1n) is 6.24. The van der Waals surface area contributed by atoms with Crippen LogP contribution in [-0.4, -0.2) is 17.0 Å². The van der Waals surface area contributed by atoms with E-state index in [9.17, 15) is 14.7 Å². The minimum atomic E-state index is -1.09. The summed E-state index contributed by atoms with van der Waals surface area (Å²) in [6.07, 6.45) is 0. The molecule has 2 aromatic rings. The number of aryl methyl sites for hydroxylation is 1. The highest BCUT2D eigenvalue weighted by molar-refractivity contribution is 5.98. The largest absolute Gasteiger partial charge is 0.479 e. The van der Waals surface area contributed by atoms with Crippen LogP contribution < -0.4 is 5.32 Å². The molecule has 2 aromatic carbocycles. The molecule has 0 spiro atoms. The van der Waals surface area contributed by atoms with Crippen molar-refractivity contribution >= 4 is 11.9 Å². The van der Waals surface area contributed by atoms with Crippen LogP contribution in [0.1, 0.15) is 27.5 Å². The van der Waals surface area contributed by atoms with Gasteiger partial charge in [0.15, 0.2) is 6.04 Å². The number of nitrogens with one attached hydrogen (secondary N) is 1. The molecule has 2 rings (SSSR count). The van der Waals surface area contributed by atoms with Crippen molar-refractivity contribution in [3.63, 3.8) is 0 Å². The van der Waals surface area contributed by atoms with Crippen LogP contribution in [0.2, 0.25) is 0 Å². The van der Waals surface area contributed by atoms with Gasteiger partial charge in [-0.1, -0.05) is 48.5 Å². The molecule has 0 aliphatic carbocycles. The van der Waals surface area contributed by atoms with Crippen molar-refractivity contribution in [2.45, 2.75) is 13.0 Å². The van der Waals surface area contributed by atoms with Gasteiger partial charge in [-0.05, 0) is 24.1 Å². The SMILES string of the molecule is Cc1ccccc1C(=O)N[C@H](C(=O)O)c1ccccc1. The van der Waals surface area contributed by atoms with Gasteiger partial charge in [0.25, 0.3) is 5.91 Å². The molecular weight excluding hydrogens is 254 g/mol. The Kier molecular flexibility index (Phi) is 4.15. The Morgan fingerprint density at radius 3 is 2.20 bits per heavy atom. The van der Waals surface area contributed by atoms with E-state index in [-0.39, 0.29) is 5.91 Å². The molecule has 0 radical (unpaired) electrons. The van der Waals surface area contributed by atoms with E-state index in [4.69, 9.17) is 0 Å². The fraction of sp³-hybridized carbons (Fsp3) is 0.125. The van der Waals surface area contributed by atoms with Gasteiger partial charge >= 0.3 is 5.97 Å². The summed E-state index contributed by atoms with van der Waals surface area (Å²) in [5, 5.41) is 11.8. The first-order chi connectivity index (χ1) is 9.59. The third-order valence-corrected chi connectivity index (χ3v) is 3.04. The molecule has 0 heterocycles. The summed E-state index contributed by atoms with van der Waals surface area (Å²) < 4.78 is 0. The number of hydrogen-bond donors (Lipinski definition) is 2. The van der Waals surface area contributed by atoms with Crippen LogP contribution in [-0.2, 0) is 4.79 Å². The molecule has 0 saturated carbocycles. The first kappa shape index (κ1) is 13.8. The molecule has 0 bridgehead atoms. The van der Waals surface area contributed by atoms with Crippen LogP contribution in [0.25, 0.3) is 0 Å². The van der Waals surface area contributed by atoms with Gasteiger partial charge in [0, 0.05) is 5.56 Å². The molecule has 20 heavy (non-hydrogen) atoms. The number of carboxylic acids is 1. The number of aliphatic carboxylic acids is 1. The lowest BCUT2D eigenvalue weighted by atomic mass is 10.0. The zero-order chi connectivity index (χ0) is 14.5. The predicted molar refractivity (Wildman–Crippen MR) is 75.5 cm³/mol. The van der Waals surface area contributed by atoms with Crippen molar-refractivity contribution in [1.82, 2.24) is 5.32 Å². The summed E-state index contributed by atoms with van der Waals surface area (Å²) in [7, 11) is 0. The quantitative estimate of drug-likeness (QED) is 0.896. The lowest BCUT2D eigenvalue weighted by Gasteiger charge is -2.15. The average Bonchev–Trinajstić information content (AvgIpc) is 2.45. The minimum Gasteiger partial charge on any atom is -0.479 e. The van der Waals surface area contributed by atoms with E-state index in [2.05, 4.69) is 5.32 Å². The Bertz CT molecular complexity index is 623. The number of hydrogen-bond acceptors (Lipinski definition) is 2. The highest BCUT2D eigenvalue weighted by Gasteiger charge is 2.22. The molecule has 0 aromatic heterocycles. The van der Waals surface area contributed by atoms with Crippen molar-refractivity contribution in [3.05, 3.63) is 71.3 Å². The Labute approximate surface area is 117 Å². The molecule has 0 fully saturated rings. The molecule has 4 heteroatoms. The van der Waals surface area contributed by atoms with E-state index < -0.39 is 12.0 Å². The van der Waals surface area contributed by atoms with Crippen molar-refractivity contribution < 1.29 is 14.7 Å². The third kappa shape index (κ3) is 3.03. The van der Waals surface area contributed by atoms with Crippen LogP contribution >= 0.6 is 0 Å². The summed E-state index contributed by atoms with van der Waals surface area (Å²) in [5.41, 5.74) is 1.83. The van der Waals surface area contributed by atoms with Crippen LogP contribution in [0, 0.1) is 6.92 Å². The molecule has 102 valence electrons. The van der Waals surface area contributed by atoms with Gasteiger partial charge in [0.2, 0.25) is 0 Å². The fourth-order valence-electron chi connectivity index (χ4n) is 1.97. The third-order valence-electron chi connectivity index (χ3n) is 3.04. The summed E-state index contributed by atoms with van der Waals surface area (Å²) in [4.78, 5) is 23.5. The maximum Gasteiger partial charge on any atom is 0.330 e. The zero-order valence-corrected chi connectivity index (χ0v) is 11.0. The first-order valence-corrected chi connectivity index (χ1v) is 6.24. The van der Waals surface area contributed by atoms with Crippen LogP contribution in [0.5, 0.6) is 0 Å². The van der Waals surface area contributed by atoms with Crippen LogP contribution in [0.3, 0.4) is 0 Å². The van der Waals surface area contributed by atoms with E-state index in [0.717, 1.165) is 5.56 Å². The Morgan fingerprint density at radius 1 is 1.00 bits per heavy atom. The molecule has 2 N–H and O–H groups in total. The Morgan fingerprint density at radius 2 is 1.60 bits per heavy atom. The number of carbonyl (C=O) groups excluding carboxylic acids is 1. The van der Waals surface area contributed by atoms with Gasteiger partial charge in [-0.25, -0.2) is 4.79 Å². The predicted octanol–water partition coefficient (Wildman–Crippen LogP) is 2.55. The molecule has 1 amide bonds. The molecule has 0 aliphatic heterocycles.